The number of hydrogen-bond donors (Lipinski definition) is 1. The molecule has 1 aromatic carbocycles. The van der Waals surface area contributed by atoms with Crippen LogP contribution in [0, 0.1) is 0 Å². The van der Waals surface area contributed by atoms with Gasteiger partial charge in [-0.1, -0.05) is 30.3 Å². The zero-order chi connectivity index (χ0) is 21.5. The van der Waals surface area contributed by atoms with Crippen molar-refractivity contribution in [3.8, 4) is 22.5 Å². The number of nitrogens with zero attached hydrogens (tertiary/aromatic N) is 6. The second-order valence-corrected chi connectivity index (χ2v) is 7.16. The number of primary amides is 1. The SMILES string of the molecule is CC1=C(C(N)=O)OC(C)N1c1cc(-c2nc3ncc(-c4ccccc4)cn3n2)ccn1. The summed E-state index contributed by atoms with van der Waals surface area (Å²) in [6, 6.07) is 13.6. The Hall–Kier alpha value is -4.27. The maximum absolute atomic E-state index is 11.6. The van der Waals surface area contributed by atoms with Crippen molar-refractivity contribution in [2.45, 2.75) is 20.1 Å². The molecule has 4 aromatic rings. The molecule has 1 unspecified atom stereocenters. The highest BCUT2D eigenvalue weighted by atomic mass is 16.5. The second kappa shape index (κ2) is 7.21. The van der Waals surface area contributed by atoms with Crippen LogP contribution in [-0.4, -0.2) is 36.7 Å². The van der Waals surface area contributed by atoms with Crippen molar-refractivity contribution in [1.29, 1.82) is 0 Å². The highest BCUT2D eigenvalue weighted by Crippen LogP contribution is 2.32. The van der Waals surface area contributed by atoms with Crippen LogP contribution in [0.4, 0.5) is 5.82 Å². The Balaban J connectivity index is 1.52. The first kappa shape index (κ1) is 18.7. The van der Waals surface area contributed by atoms with E-state index in [1.54, 1.807) is 23.8 Å². The molecule has 0 aliphatic carbocycles. The number of carbonyl (C=O) groups is 1. The van der Waals surface area contributed by atoms with E-state index in [2.05, 4.69) is 20.1 Å². The fourth-order valence-corrected chi connectivity index (χ4v) is 3.66. The molecule has 0 radical (unpaired) electrons. The highest BCUT2D eigenvalue weighted by Gasteiger charge is 2.32. The van der Waals surface area contributed by atoms with E-state index in [0.717, 1.165) is 16.7 Å². The van der Waals surface area contributed by atoms with Gasteiger partial charge >= 0.3 is 0 Å². The molecule has 0 saturated heterocycles. The Kier molecular flexibility index (Phi) is 4.36. The number of aromatic nitrogens is 5. The molecular formula is C22H19N7O2. The van der Waals surface area contributed by atoms with Crippen LogP contribution >= 0.6 is 0 Å². The van der Waals surface area contributed by atoms with Gasteiger partial charge in [0.1, 0.15) is 5.82 Å². The number of rotatable bonds is 4. The topological polar surface area (TPSA) is 112 Å². The summed E-state index contributed by atoms with van der Waals surface area (Å²) < 4.78 is 7.26. The summed E-state index contributed by atoms with van der Waals surface area (Å²) in [5.74, 6) is 1.16. The molecule has 4 heterocycles. The number of fused-ring (bicyclic) bond motifs is 1. The maximum Gasteiger partial charge on any atom is 0.285 e. The molecule has 31 heavy (non-hydrogen) atoms. The molecular weight excluding hydrogens is 394 g/mol. The van der Waals surface area contributed by atoms with E-state index in [9.17, 15) is 4.79 Å². The average molecular weight is 413 g/mol. The third-order valence-corrected chi connectivity index (χ3v) is 5.12. The third kappa shape index (κ3) is 3.25. The minimum absolute atomic E-state index is 0.142. The van der Waals surface area contributed by atoms with Gasteiger partial charge in [-0.25, -0.2) is 14.5 Å². The zero-order valence-corrected chi connectivity index (χ0v) is 16.9. The molecule has 1 amide bonds. The molecule has 0 spiro atoms. The first-order valence-corrected chi connectivity index (χ1v) is 9.72. The van der Waals surface area contributed by atoms with Crippen molar-refractivity contribution < 1.29 is 9.53 Å². The van der Waals surface area contributed by atoms with Gasteiger partial charge in [0.15, 0.2) is 12.1 Å². The number of allylic oxidation sites excluding steroid dienone is 1. The Morgan fingerprint density at radius 2 is 1.90 bits per heavy atom. The number of ether oxygens (including phenoxy) is 1. The van der Waals surface area contributed by atoms with Gasteiger partial charge in [0.2, 0.25) is 5.76 Å². The van der Waals surface area contributed by atoms with Crippen LogP contribution in [0.5, 0.6) is 0 Å². The summed E-state index contributed by atoms with van der Waals surface area (Å²) in [5, 5.41) is 4.60. The Morgan fingerprint density at radius 3 is 2.65 bits per heavy atom. The first-order chi connectivity index (χ1) is 15.0. The van der Waals surface area contributed by atoms with Gasteiger partial charge in [0.25, 0.3) is 11.7 Å². The summed E-state index contributed by atoms with van der Waals surface area (Å²) in [4.78, 5) is 26.8. The molecule has 9 nitrogen and oxygen atoms in total. The van der Waals surface area contributed by atoms with Crippen LogP contribution in [0.25, 0.3) is 28.3 Å². The smallest absolute Gasteiger partial charge is 0.285 e. The van der Waals surface area contributed by atoms with Crippen molar-refractivity contribution in [1.82, 2.24) is 24.6 Å². The Morgan fingerprint density at radius 1 is 1.10 bits per heavy atom. The molecule has 1 atom stereocenters. The predicted octanol–water partition coefficient (Wildman–Crippen LogP) is 2.75. The maximum atomic E-state index is 11.6. The van der Waals surface area contributed by atoms with Crippen LogP contribution in [0.1, 0.15) is 13.8 Å². The number of hydrogen-bond acceptors (Lipinski definition) is 7. The predicted molar refractivity (Wildman–Crippen MR) is 114 cm³/mol. The highest BCUT2D eigenvalue weighted by molar-refractivity contribution is 5.92. The molecule has 2 N–H and O–H groups in total. The summed E-state index contributed by atoms with van der Waals surface area (Å²) >= 11 is 0. The van der Waals surface area contributed by atoms with E-state index in [4.69, 9.17) is 10.5 Å². The van der Waals surface area contributed by atoms with Crippen LogP contribution in [0.3, 0.4) is 0 Å². The molecule has 154 valence electrons. The van der Waals surface area contributed by atoms with Gasteiger partial charge in [-0.05, 0) is 31.5 Å². The van der Waals surface area contributed by atoms with E-state index < -0.39 is 12.1 Å². The van der Waals surface area contributed by atoms with E-state index in [0.29, 0.717) is 23.1 Å². The van der Waals surface area contributed by atoms with E-state index in [-0.39, 0.29) is 5.76 Å². The Bertz CT molecular complexity index is 1330. The van der Waals surface area contributed by atoms with Gasteiger partial charge < -0.3 is 10.5 Å². The normalized spacial score (nSPS) is 16.1. The number of benzene rings is 1. The van der Waals surface area contributed by atoms with Crippen LogP contribution in [0.2, 0.25) is 0 Å². The van der Waals surface area contributed by atoms with Crippen LogP contribution < -0.4 is 10.6 Å². The lowest BCUT2D eigenvalue weighted by Gasteiger charge is -2.22. The first-order valence-electron chi connectivity index (χ1n) is 9.72. The number of nitrogens with two attached hydrogens (primary N) is 1. The fourth-order valence-electron chi connectivity index (χ4n) is 3.66. The summed E-state index contributed by atoms with van der Waals surface area (Å²) in [7, 11) is 0. The number of carbonyl (C=O) groups excluding carboxylic acids is 1. The lowest BCUT2D eigenvalue weighted by molar-refractivity contribution is -0.118. The van der Waals surface area contributed by atoms with Gasteiger partial charge in [0.05, 0.1) is 5.70 Å². The minimum atomic E-state index is -0.606. The standard InChI is InChI=1S/C22H19N7O2/c1-13-19(20(23)30)31-14(2)29(13)18-10-16(8-9-24-18)21-26-22-25-11-17(12-28(22)27-21)15-6-4-3-5-7-15/h3-12,14H,1-2H3,(H2,23,30). The van der Waals surface area contributed by atoms with E-state index in [1.807, 2.05) is 60.5 Å². The molecule has 3 aromatic heterocycles. The monoisotopic (exact) mass is 413 g/mol. The molecule has 1 aliphatic rings. The van der Waals surface area contributed by atoms with Crippen molar-refractivity contribution in [3.05, 3.63) is 72.5 Å². The van der Waals surface area contributed by atoms with Crippen molar-refractivity contribution >= 4 is 17.5 Å². The quantitative estimate of drug-likeness (QED) is 0.547. The largest absolute Gasteiger partial charge is 0.463 e. The summed E-state index contributed by atoms with van der Waals surface area (Å²) in [6.45, 7) is 3.60. The lowest BCUT2D eigenvalue weighted by atomic mass is 10.1. The molecule has 9 heteroatoms. The van der Waals surface area contributed by atoms with Gasteiger partial charge in [0, 0.05) is 29.7 Å². The van der Waals surface area contributed by atoms with Gasteiger partial charge in [-0.2, -0.15) is 4.98 Å². The number of amides is 1. The average Bonchev–Trinajstić information content (AvgIpc) is 3.34. The van der Waals surface area contributed by atoms with Crippen LogP contribution in [-0.2, 0) is 9.53 Å². The summed E-state index contributed by atoms with van der Waals surface area (Å²) in [5.41, 5.74) is 8.79. The van der Waals surface area contributed by atoms with E-state index in [1.165, 1.54) is 0 Å². The number of anilines is 1. The molecule has 0 bridgehead atoms. The van der Waals surface area contributed by atoms with Crippen molar-refractivity contribution in [3.63, 3.8) is 0 Å². The van der Waals surface area contributed by atoms with Crippen molar-refractivity contribution in [2.24, 2.45) is 5.73 Å². The van der Waals surface area contributed by atoms with E-state index >= 15 is 0 Å². The van der Waals surface area contributed by atoms with Gasteiger partial charge in [-0.3, -0.25) is 9.69 Å². The molecule has 5 rings (SSSR count). The second-order valence-electron chi connectivity index (χ2n) is 7.16. The minimum Gasteiger partial charge on any atom is -0.463 e. The molecule has 1 aliphatic heterocycles. The van der Waals surface area contributed by atoms with Crippen LogP contribution in [0.15, 0.2) is 72.5 Å². The zero-order valence-electron chi connectivity index (χ0n) is 16.9. The third-order valence-electron chi connectivity index (χ3n) is 5.12. The molecule has 0 saturated carbocycles. The van der Waals surface area contributed by atoms with Gasteiger partial charge in [-0.15, -0.1) is 5.10 Å². The summed E-state index contributed by atoms with van der Waals surface area (Å²) in [6.07, 6.45) is 4.94. The fraction of sp³-hybridized carbons (Fsp3) is 0.136. The molecule has 0 fully saturated rings. The Labute approximate surface area is 177 Å². The number of pyridine rings is 1. The van der Waals surface area contributed by atoms with Crippen molar-refractivity contribution in [2.75, 3.05) is 4.90 Å². The lowest BCUT2D eigenvalue weighted by Crippen LogP contribution is -2.28.